The molecule has 0 saturated carbocycles. The number of hydrogen-bond donors (Lipinski definition) is 1. The summed E-state index contributed by atoms with van der Waals surface area (Å²) in [5.74, 6) is 0.250. The van der Waals surface area contributed by atoms with Gasteiger partial charge in [0, 0.05) is 18.0 Å². The molecule has 2 aromatic carbocycles. The minimum atomic E-state index is -0.308. The van der Waals surface area contributed by atoms with Crippen molar-refractivity contribution in [3.05, 3.63) is 70.5 Å². The molecule has 6 nitrogen and oxygen atoms in total. The van der Waals surface area contributed by atoms with Gasteiger partial charge in [-0.25, -0.2) is 9.37 Å². The number of aromatic nitrogens is 2. The standard InChI is InChI=1S/C22H22FN3O3S/c23-15-7-9-17(10-8-15)30-14-21(27)26(12-16-4-3-11-29-16)13-20-24-19-6-2-1-5-18(19)22(28)25-20/h1-2,5-10,16H,3-4,11-14H2,(H,24,25,28). The maximum absolute atomic E-state index is 13.1. The fraction of sp³-hybridized carbons (Fsp3) is 0.318. The molecule has 1 amide bonds. The van der Waals surface area contributed by atoms with Gasteiger partial charge in [0.2, 0.25) is 5.91 Å². The van der Waals surface area contributed by atoms with Gasteiger partial charge < -0.3 is 14.6 Å². The summed E-state index contributed by atoms with van der Waals surface area (Å²) in [6, 6.07) is 13.2. The maximum Gasteiger partial charge on any atom is 0.258 e. The molecule has 1 aliphatic heterocycles. The van der Waals surface area contributed by atoms with Crippen LogP contribution in [0.1, 0.15) is 18.7 Å². The van der Waals surface area contributed by atoms with E-state index in [9.17, 15) is 14.0 Å². The number of nitrogens with zero attached hydrogens (tertiary/aromatic N) is 2. The van der Waals surface area contributed by atoms with Crippen molar-refractivity contribution in [3.8, 4) is 0 Å². The molecule has 3 aromatic rings. The first-order valence-corrected chi connectivity index (χ1v) is 10.8. The largest absolute Gasteiger partial charge is 0.376 e. The smallest absolute Gasteiger partial charge is 0.258 e. The number of ether oxygens (including phenoxy) is 1. The highest BCUT2D eigenvalue weighted by molar-refractivity contribution is 8.00. The number of hydrogen-bond acceptors (Lipinski definition) is 5. The summed E-state index contributed by atoms with van der Waals surface area (Å²) in [6.07, 6.45) is 1.86. The van der Waals surface area contributed by atoms with Gasteiger partial charge in [-0.15, -0.1) is 11.8 Å². The van der Waals surface area contributed by atoms with Crippen LogP contribution in [0.15, 0.2) is 58.2 Å². The molecule has 30 heavy (non-hydrogen) atoms. The lowest BCUT2D eigenvalue weighted by molar-refractivity contribution is -0.130. The molecule has 0 radical (unpaired) electrons. The van der Waals surface area contributed by atoms with Crippen LogP contribution in [0.2, 0.25) is 0 Å². The second-order valence-corrected chi connectivity index (χ2v) is 8.23. The van der Waals surface area contributed by atoms with Gasteiger partial charge in [0.15, 0.2) is 0 Å². The first-order valence-electron chi connectivity index (χ1n) is 9.84. The van der Waals surface area contributed by atoms with E-state index in [4.69, 9.17) is 4.74 Å². The van der Waals surface area contributed by atoms with E-state index >= 15 is 0 Å². The Balaban J connectivity index is 1.50. The summed E-state index contributed by atoms with van der Waals surface area (Å²) < 4.78 is 18.8. The van der Waals surface area contributed by atoms with E-state index in [-0.39, 0.29) is 35.7 Å². The Morgan fingerprint density at radius 1 is 1.23 bits per heavy atom. The molecule has 8 heteroatoms. The summed E-state index contributed by atoms with van der Waals surface area (Å²) in [4.78, 5) is 35.2. The third-order valence-corrected chi connectivity index (χ3v) is 5.98. The molecule has 0 aliphatic carbocycles. The average Bonchev–Trinajstić information content (AvgIpc) is 3.26. The van der Waals surface area contributed by atoms with Gasteiger partial charge in [-0.3, -0.25) is 9.59 Å². The van der Waals surface area contributed by atoms with E-state index < -0.39 is 0 Å². The highest BCUT2D eigenvalue weighted by Gasteiger charge is 2.23. The number of H-pyrrole nitrogens is 1. The molecule has 1 fully saturated rings. The predicted molar refractivity (Wildman–Crippen MR) is 114 cm³/mol. The number of amides is 1. The molecule has 1 atom stereocenters. The molecule has 1 aliphatic rings. The third-order valence-electron chi connectivity index (χ3n) is 4.98. The molecule has 0 spiro atoms. The molecule has 1 aromatic heterocycles. The van der Waals surface area contributed by atoms with E-state index in [0.717, 1.165) is 17.7 Å². The summed E-state index contributed by atoms with van der Waals surface area (Å²) in [6.45, 7) is 1.34. The first kappa shape index (κ1) is 20.6. The Hall–Kier alpha value is -2.71. The van der Waals surface area contributed by atoms with Gasteiger partial charge >= 0.3 is 0 Å². The zero-order chi connectivity index (χ0) is 20.9. The van der Waals surface area contributed by atoms with E-state index in [2.05, 4.69) is 9.97 Å². The summed E-state index contributed by atoms with van der Waals surface area (Å²) in [5.41, 5.74) is 0.377. The van der Waals surface area contributed by atoms with Crippen LogP contribution < -0.4 is 5.56 Å². The SMILES string of the molecule is O=C(CSc1ccc(F)cc1)N(Cc1nc2ccccc2c(=O)[nH]1)CC1CCCO1. The number of carbonyl (C=O) groups is 1. The highest BCUT2D eigenvalue weighted by Crippen LogP contribution is 2.20. The van der Waals surface area contributed by atoms with E-state index in [0.29, 0.717) is 29.9 Å². The van der Waals surface area contributed by atoms with Crippen LogP contribution in [0.4, 0.5) is 4.39 Å². The quantitative estimate of drug-likeness (QED) is 0.585. The minimum absolute atomic E-state index is 0.0167. The van der Waals surface area contributed by atoms with Crippen molar-refractivity contribution < 1.29 is 13.9 Å². The summed E-state index contributed by atoms with van der Waals surface area (Å²) in [5, 5.41) is 0.519. The number of halogens is 1. The fourth-order valence-electron chi connectivity index (χ4n) is 3.45. The fourth-order valence-corrected chi connectivity index (χ4v) is 4.25. The van der Waals surface area contributed by atoms with Crippen molar-refractivity contribution in [2.75, 3.05) is 18.9 Å². The van der Waals surface area contributed by atoms with Crippen LogP contribution in [0.5, 0.6) is 0 Å². The monoisotopic (exact) mass is 427 g/mol. The topological polar surface area (TPSA) is 75.3 Å². The number of aromatic amines is 1. The van der Waals surface area contributed by atoms with Crippen LogP contribution in [0, 0.1) is 5.82 Å². The van der Waals surface area contributed by atoms with Crippen molar-refractivity contribution in [2.24, 2.45) is 0 Å². The second-order valence-electron chi connectivity index (χ2n) is 7.18. The first-order chi connectivity index (χ1) is 14.6. The number of fused-ring (bicyclic) bond motifs is 1. The Labute approximate surface area is 177 Å². The van der Waals surface area contributed by atoms with Crippen molar-refractivity contribution in [1.29, 1.82) is 0 Å². The highest BCUT2D eigenvalue weighted by atomic mass is 32.2. The zero-order valence-corrected chi connectivity index (χ0v) is 17.2. The number of nitrogens with one attached hydrogen (secondary N) is 1. The molecule has 0 bridgehead atoms. The molecule has 1 saturated heterocycles. The molecule has 1 unspecified atom stereocenters. The normalized spacial score (nSPS) is 16.1. The molecular weight excluding hydrogens is 405 g/mol. The lowest BCUT2D eigenvalue weighted by atomic mass is 10.2. The van der Waals surface area contributed by atoms with Crippen molar-refractivity contribution >= 4 is 28.6 Å². The number of para-hydroxylation sites is 1. The van der Waals surface area contributed by atoms with Crippen LogP contribution in [-0.4, -0.2) is 45.8 Å². The van der Waals surface area contributed by atoms with Crippen molar-refractivity contribution in [1.82, 2.24) is 14.9 Å². The van der Waals surface area contributed by atoms with Crippen LogP contribution >= 0.6 is 11.8 Å². The number of thioether (sulfide) groups is 1. The van der Waals surface area contributed by atoms with Crippen LogP contribution in [0.3, 0.4) is 0 Å². The lowest BCUT2D eigenvalue weighted by Crippen LogP contribution is -2.38. The van der Waals surface area contributed by atoms with E-state index in [1.54, 1.807) is 35.2 Å². The van der Waals surface area contributed by atoms with Gasteiger partial charge in [-0.1, -0.05) is 12.1 Å². The van der Waals surface area contributed by atoms with Crippen LogP contribution in [0.25, 0.3) is 10.9 Å². The third kappa shape index (κ3) is 5.06. The Bertz CT molecular complexity index is 1080. The molecule has 1 N–H and O–H groups in total. The predicted octanol–water partition coefficient (Wildman–Crippen LogP) is 3.36. The average molecular weight is 428 g/mol. The molecule has 2 heterocycles. The van der Waals surface area contributed by atoms with Crippen molar-refractivity contribution in [2.45, 2.75) is 30.4 Å². The molecule has 156 valence electrons. The maximum atomic E-state index is 13.1. The number of rotatable bonds is 7. The minimum Gasteiger partial charge on any atom is -0.376 e. The van der Waals surface area contributed by atoms with Gasteiger partial charge in [0.25, 0.3) is 5.56 Å². The van der Waals surface area contributed by atoms with Gasteiger partial charge in [-0.2, -0.15) is 0 Å². The van der Waals surface area contributed by atoms with Crippen molar-refractivity contribution in [3.63, 3.8) is 0 Å². The Kier molecular flexibility index (Phi) is 6.44. The zero-order valence-electron chi connectivity index (χ0n) is 16.3. The number of benzene rings is 2. The number of carbonyl (C=O) groups excluding carboxylic acids is 1. The lowest BCUT2D eigenvalue weighted by Gasteiger charge is -2.25. The van der Waals surface area contributed by atoms with Gasteiger partial charge in [0.1, 0.15) is 11.6 Å². The summed E-state index contributed by atoms with van der Waals surface area (Å²) in [7, 11) is 0. The van der Waals surface area contributed by atoms with Gasteiger partial charge in [-0.05, 0) is 49.2 Å². The second kappa shape index (κ2) is 9.40. The van der Waals surface area contributed by atoms with Gasteiger partial charge in [0.05, 0.1) is 29.3 Å². The summed E-state index contributed by atoms with van der Waals surface area (Å²) >= 11 is 1.35. The van der Waals surface area contributed by atoms with E-state index in [1.807, 2.05) is 6.07 Å². The van der Waals surface area contributed by atoms with E-state index in [1.165, 1.54) is 23.9 Å². The van der Waals surface area contributed by atoms with Crippen LogP contribution in [-0.2, 0) is 16.1 Å². The molecular formula is C22H22FN3O3S. The molecule has 4 rings (SSSR count). The Morgan fingerprint density at radius 2 is 2.03 bits per heavy atom. The Morgan fingerprint density at radius 3 is 2.80 bits per heavy atom.